The van der Waals surface area contributed by atoms with Crippen LogP contribution in [0, 0.1) is 5.82 Å². The molecule has 96 valence electrons. The first-order valence-electron chi connectivity index (χ1n) is 5.83. The predicted molar refractivity (Wildman–Crippen MR) is 77.5 cm³/mol. The molecule has 0 spiro atoms. The topological polar surface area (TPSA) is 4.93 Å². The van der Waals surface area contributed by atoms with Crippen LogP contribution in [0.1, 0.15) is 5.56 Å². The first-order valence-corrected chi connectivity index (χ1v) is 6.58. The van der Waals surface area contributed by atoms with Crippen molar-refractivity contribution < 1.29 is 4.39 Å². The second kappa shape index (κ2) is 4.87. The zero-order valence-electron chi connectivity index (χ0n) is 9.91. The van der Waals surface area contributed by atoms with E-state index in [1.165, 1.54) is 0 Å². The van der Waals surface area contributed by atoms with Gasteiger partial charge in [0.25, 0.3) is 0 Å². The van der Waals surface area contributed by atoms with Crippen molar-refractivity contribution in [2.45, 2.75) is 6.54 Å². The van der Waals surface area contributed by atoms with Crippen LogP contribution in [0.25, 0.3) is 10.9 Å². The SMILES string of the molecule is Fc1c(Cl)cccc1Cn1ccc2c(Cl)cccc21. The van der Waals surface area contributed by atoms with Crippen molar-refractivity contribution in [3.63, 3.8) is 0 Å². The highest BCUT2D eigenvalue weighted by Gasteiger charge is 2.09. The number of benzene rings is 2. The van der Waals surface area contributed by atoms with Crippen molar-refractivity contribution in [2.75, 3.05) is 0 Å². The first kappa shape index (κ1) is 12.5. The summed E-state index contributed by atoms with van der Waals surface area (Å²) in [7, 11) is 0. The van der Waals surface area contributed by atoms with Gasteiger partial charge in [-0.15, -0.1) is 0 Å². The summed E-state index contributed by atoms with van der Waals surface area (Å²) < 4.78 is 15.9. The van der Waals surface area contributed by atoms with Crippen molar-refractivity contribution in [3.8, 4) is 0 Å². The molecule has 0 radical (unpaired) electrons. The highest BCUT2D eigenvalue weighted by Crippen LogP contribution is 2.26. The van der Waals surface area contributed by atoms with E-state index in [0.29, 0.717) is 17.1 Å². The minimum atomic E-state index is -0.368. The lowest BCUT2D eigenvalue weighted by atomic mass is 10.2. The van der Waals surface area contributed by atoms with E-state index in [-0.39, 0.29) is 10.8 Å². The number of halogens is 3. The molecule has 0 aliphatic rings. The van der Waals surface area contributed by atoms with Gasteiger partial charge in [-0.05, 0) is 24.3 Å². The van der Waals surface area contributed by atoms with E-state index in [9.17, 15) is 4.39 Å². The molecule has 0 amide bonds. The molecule has 0 fully saturated rings. The Morgan fingerprint density at radius 3 is 2.53 bits per heavy atom. The number of aromatic nitrogens is 1. The molecule has 0 bridgehead atoms. The second-order valence-electron chi connectivity index (χ2n) is 4.33. The van der Waals surface area contributed by atoms with Crippen LogP contribution in [-0.4, -0.2) is 4.57 Å². The van der Waals surface area contributed by atoms with Crippen LogP contribution < -0.4 is 0 Å². The minimum Gasteiger partial charge on any atom is -0.343 e. The van der Waals surface area contributed by atoms with Gasteiger partial charge < -0.3 is 4.57 Å². The van der Waals surface area contributed by atoms with E-state index in [0.717, 1.165) is 10.9 Å². The standard InChI is InChI=1S/C15H10Cl2FN/c16-12-4-2-6-14-11(12)7-8-19(14)9-10-3-1-5-13(17)15(10)18/h1-8H,9H2. The van der Waals surface area contributed by atoms with Gasteiger partial charge in [-0.3, -0.25) is 0 Å². The van der Waals surface area contributed by atoms with Gasteiger partial charge >= 0.3 is 0 Å². The Balaban J connectivity index is 2.07. The largest absolute Gasteiger partial charge is 0.343 e. The molecule has 0 aliphatic carbocycles. The maximum atomic E-state index is 13.9. The number of hydrogen-bond acceptors (Lipinski definition) is 0. The van der Waals surface area contributed by atoms with Gasteiger partial charge in [0.2, 0.25) is 0 Å². The van der Waals surface area contributed by atoms with Crippen LogP contribution in [0.15, 0.2) is 48.7 Å². The fourth-order valence-electron chi connectivity index (χ4n) is 2.18. The summed E-state index contributed by atoms with van der Waals surface area (Å²) >= 11 is 11.9. The fourth-order valence-corrected chi connectivity index (χ4v) is 2.60. The molecule has 1 nitrogen and oxygen atoms in total. The fraction of sp³-hybridized carbons (Fsp3) is 0.0667. The van der Waals surface area contributed by atoms with E-state index in [2.05, 4.69) is 0 Å². The van der Waals surface area contributed by atoms with Crippen molar-refractivity contribution in [2.24, 2.45) is 0 Å². The molecular formula is C15H10Cl2FN. The average molecular weight is 294 g/mol. The summed E-state index contributed by atoms with van der Waals surface area (Å²) in [5, 5.41) is 1.81. The molecular weight excluding hydrogens is 284 g/mol. The molecule has 0 aliphatic heterocycles. The highest BCUT2D eigenvalue weighted by molar-refractivity contribution is 6.35. The maximum Gasteiger partial charge on any atom is 0.146 e. The van der Waals surface area contributed by atoms with E-state index < -0.39 is 0 Å². The number of rotatable bonds is 2. The van der Waals surface area contributed by atoms with Crippen molar-refractivity contribution >= 4 is 34.1 Å². The van der Waals surface area contributed by atoms with Gasteiger partial charge in [-0.25, -0.2) is 4.39 Å². The Hall–Kier alpha value is -1.51. The molecule has 3 rings (SSSR count). The van der Waals surface area contributed by atoms with E-state index in [1.54, 1.807) is 18.2 Å². The zero-order valence-corrected chi connectivity index (χ0v) is 11.4. The van der Waals surface area contributed by atoms with Crippen LogP contribution in [0.4, 0.5) is 4.39 Å². The Kier molecular flexibility index (Phi) is 3.21. The molecule has 0 atom stereocenters. The molecule has 3 aromatic rings. The molecule has 0 N–H and O–H groups in total. The molecule has 0 saturated carbocycles. The monoisotopic (exact) mass is 293 g/mol. The van der Waals surface area contributed by atoms with E-state index in [1.807, 2.05) is 35.0 Å². The van der Waals surface area contributed by atoms with Gasteiger partial charge in [0.15, 0.2) is 0 Å². The number of nitrogens with zero attached hydrogens (tertiary/aromatic N) is 1. The zero-order chi connectivity index (χ0) is 13.4. The highest BCUT2D eigenvalue weighted by atomic mass is 35.5. The molecule has 0 saturated heterocycles. The third kappa shape index (κ3) is 2.22. The van der Waals surface area contributed by atoms with Gasteiger partial charge in [-0.2, -0.15) is 0 Å². The Morgan fingerprint density at radius 1 is 0.947 bits per heavy atom. The smallest absolute Gasteiger partial charge is 0.146 e. The summed E-state index contributed by atoms with van der Waals surface area (Å²) in [4.78, 5) is 0. The van der Waals surface area contributed by atoms with Crippen molar-refractivity contribution in [1.29, 1.82) is 0 Å². The summed E-state index contributed by atoms with van der Waals surface area (Å²) in [6.07, 6.45) is 1.90. The van der Waals surface area contributed by atoms with E-state index in [4.69, 9.17) is 23.2 Å². The summed E-state index contributed by atoms with van der Waals surface area (Å²) in [6.45, 7) is 0.427. The average Bonchev–Trinajstić information content (AvgIpc) is 2.80. The summed E-state index contributed by atoms with van der Waals surface area (Å²) in [5.74, 6) is -0.368. The Labute approximate surface area is 120 Å². The Morgan fingerprint density at radius 2 is 1.68 bits per heavy atom. The summed E-state index contributed by atoms with van der Waals surface area (Å²) in [5.41, 5.74) is 1.54. The lowest BCUT2D eigenvalue weighted by Crippen LogP contribution is -2.00. The normalized spacial score (nSPS) is 11.1. The lowest BCUT2D eigenvalue weighted by molar-refractivity contribution is 0.602. The molecule has 1 heterocycles. The van der Waals surface area contributed by atoms with Gasteiger partial charge in [-0.1, -0.05) is 41.4 Å². The van der Waals surface area contributed by atoms with Crippen LogP contribution in [0.5, 0.6) is 0 Å². The molecule has 2 aromatic carbocycles. The van der Waals surface area contributed by atoms with Gasteiger partial charge in [0, 0.05) is 27.7 Å². The maximum absolute atomic E-state index is 13.9. The van der Waals surface area contributed by atoms with Crippen LogP contribution in [0.3, 0.4) is 0 Å². The second-order valence-corrected chi connectivity index (χ2v) is 5.14. The van der Waals surface area contributed by atoms with E-state index >= 15 is 0 Å². The number of hydrogen-bond donors (Lipinski definition) is 0. The van der Waals surface area contributed by atoms with Gasteiger partial charge in [0.1, 0.15) is 5.82 Å². The summed E-state index contributed by atoms with van der Waals surface area (Å²) in [6, 6.07) is 12.6. The Bertz CT molecular complexity index is 749. The van der Waals surface area contributed by atoms with Crippen LogP contribution in [0.2, 0.25) is 10.0 Å². The van der Waals surface area contributed by atoms with Crippen molar-refractivity contribution in [1.82, 2.24) is 4.57 Å². The lowest BCUT2D eigenvalue weighted by Gasteiger charge is -2.08. The first-order chi connectivity index (χ1) is 9.16. The molecule has 0 unspecified atom stereocenters. The third-order valence-electron chi connectivity index (χ3n) is 3.13. The third-order valence-corrected chi connectivity index (χ3v) is 3.75. The molecule has 1 aromatic heterocycles. The quantitative estimate of drug-likeness (QED) is 0.617. The predicted octanol–water partition coefficient (Wildman–Crippen LogP) is 5.14. The van der Waals surface area contributed by atoms with Crippen molar-refractivity contribution in [3.05, 3.63) is 70.1 Å². The molecule has 19 heavy (non-hydrogen) atoms. The molecule has 4 heteroatoms. The van der Waals surface area contributed by atoms with Crippen LogP contribution in [-0.2, 0) is 6.54 Å². The number of fused-ring (bicyclic) bond motifs is 1. The van der Waals surface area contributed by atoms with Crippen LogP contribution >= 0.6 is 23.2 Å². The van der Waals surface area contributed by atoms with Gasteiger partial charge in [0.05, 0.1) is 11.6 Å². The minimum absolute atomic E-state index is 0.145.